The molecule has 39 heavy (non-hydrogen) atoms. The van der Waals surface area contributed by atoms with Crippen LogP contribution in [-0.2, 0) is 0 Å². The van der Waals surface area contributed by atoms with Crippen LogP contribution < -0.4 is 4.90 Å². The van der Waals surface area contributed by atoms with Crippen LogP contribution >= 0.6 is 0 Å². The van der Waals surface area contributed by atoms with Crippen molar-refractivity contribution in [1.29, 1.82) is 0 Å². The number of anilines is 3. The quantitative estimate of drug-likeness (QED) is 0.197. The third-order valence-electron chi connectivity index (χ3n) is 6.86. The summed E-state index contributed by atoms with van der Waals surface area (Å²) in [4.78, 5) is 2.36. The van der Waals surface area contributed by atoms with Gasteiger partial charge in [-0.15, -0.1) is 0 Å². The molecule has 0 heterocycles. The minimum absolute atomic E-state index is 1.11. The average Bonchev–Trinajstić information content (AvgIpc) is 3.03. The van der Waals surface area contributed by atoms with Gasteiger partial charge in [0.15, 0.2) is 0 Å². The van der Waals surface area contributed by atoms with E-state index < -0.39 is 0 Å². The van der Waals surface area contributed by atoms with Gasteiger partial charge in [-0.05, 0) is 58.1 Å². The predicted octanol–water partition coefficient (Wildman–Crippen LogP) is 10.7. The second kappa shape index (κ2) is 11.5. The molecule has 0 amide bonds. The van der Waals surface area contributed by atoms with Crippen LogP contribution in [0.2, 0.25) is 0 Å². The van der Waals surface area contributed by atoms with Crippen LogP contribution in [0.15, 0.2) is 164 Å². The van der Waals surface area contributed by atoms with Gasteiger partial charge >= 0.3 is 0 Å². The van der Waals surface area contributed by atoms with Crippen molar-refractivity contribution in [3.8, 4) is 22.3 Å². The molecule has 0 N–H and O–H groups in total. The van der Waals surface area contributed by atoms with Crippen LogP contribution in [0.25, 0.3) is 34.4 Å². The third-order valence-corrected chi connectivity index (χ3v) is 6.86. The van der Waals surface area contributed by atoms with Gasteiger partial charge < -0.3 is 4.90 Å². The smallest absolute Gasteiger partial charge is 0.0546 e. The second-order valence-electron chi connectivity index (χ2n) is 9.47. The maximum atomic E-state index is 2.36. The van der Waals surface area contributed by atoms with E-state index in [2.05, 4.69) is 175 Å². The third kappa shape index (κ3) is 5.58. The summed E-state index contributed by atoms with van der Waals surface area (Å²) < 4.78 is 0. The molecular weight excluding hydrogens is 470 g/mol. The highest BCUT2D eigenvalue weighted by Gasteiger charge is 2.18. The van der Waals surface area contributed by atoms with Gasteiger partial charge in [0.2, 0.25) is 0 Å². The zero-order valence-corrected chi connectivity index (χ0v) is 21.7. The number of hydrogen-bond donors (Lipinski definition) is 0. The number of nitrogens with zero attached hydrogens (tertiary/aromatic N) is 1. The summed E-state index contributed by atoms with van der Waals surface area (Å²) in [5.74, 6) is 0. The maximum Gasteiger partial charge on any atom is 0.0546 e. The zero-order chi connectivity index (χ0) is 26.3. The van der Waals surface area contributed by atoms with E-state index in [0.717, 1.165) is 22.6 Å². The van der Waals surface area contributed by atoms with Gasteiger partial charge in [0.05, 0.1) is 5.69 Å². The predicted molar refractivity (Wildman–Crippen MR) is 167 cm³/mol. The SMILES string of the molecule is C(=Cc1ccc(N(c2ccccc2)c2cc(-c3ccccc3)ccc2-c2ccccc2)cc1)c1ccccc1. The van der Waals surface area contributed by atoms with Crippen molar-refractivity contribution in [2.24, 2.45) is 0 Å². The molecular formula is C38H29N. The summed E-state index contributed by atoms with van der Waals surface area (Å²) in [6.45, 7) is 0. The molecule has 0 bridgehead atoms. The number of rotatable bonds is 7. The molecule has 0 saturated heterocycles. The van der Waals surface area contributed by atoms with Crippen molar-refractivity contribution >= 4 is 29.2 Å². The molecule has 0 aliphatic rings. The van der Waals surface area contributed by atoms with Crippen LogP contribution in [0.5, 0.6) is 0 Å². The van der Waals surface area contributed by atoms with E-state index in [4.69, 9.17) is 0 Å². The highest BCUT2D eigenvalue weighted by Crippen LogP contribution is 2.42. The molecule has 0 spiro atoms. The van der Waals surface area contributed by atoms with Gasteiger partial charge in [0.25, 0.3) is 0 Å². The Kier molecular flexibility index (Phi) is 7.14. The van der Waals surface area contributed by atoms with Crippen molar-refractivity contribution in [2.45, 2.75) is 0 Å². The Bertz CT molecular complexity index is 1650. The first-order valence-electron chi connectivity index (χ1n) is 13.3. The summed E-state index contributed by atoms with van der Waals surface area (Å²) in [5.41, 5.74) is 10.5. The molecule has 6 rings (SSSR count). The van der Waals surface area contributed by atoms with Crippen LogP contribution in [0.1, 0.15) is 11.1 Å². The van der Waals surface area contributed by atoms with E-state index in [1.807, 2.05) is 6.07 Å². The van der Waals surface area contributed by atoms with Gasteiger partial charge in [0, 0.05) is 16.9 Å². The summed E-state index contributed by atoms with van der Waals surface area (Å²) >= 11 is 0. The molecule has 0 aliphatic heterocycles. The fourth-order valence-electron chi connectivity index (χ4n) is 4.88. The van der Waals surface area contributed by atoms with Crippen LogP contribution in [0.4, 0.5) is 17.1 Å². The monoisotopic (exact) mass is 499 g/mol. The van der Waals surface area contributed by atoms with E-state index in [9.17, 15) is 0 Å². The lowest BCUT2D eigenvalue weighted by molar-refractivity contribution is 1.28. The summed E-state index contributed by atoms with van der Waals surface area (Å²) in [5, 5.41) is 0. The molecule has 0 unspecified atom stereocenters. The second-order valence-corrected chi connectivity index (χ2v) is 9.47. The van der Waals surface area contributed by atoms with Crippen molar-refractivity contribution in [3.05, 3.63) is 175 Å². The Balaban J connectivity index is 1.48. The molecule has 0 aromatic heterocycles. The fourth-order valence-corrected chi connectivity index (χ4v) is 4.88. The van der Waals surface area contributed by atoms with E-state index >= 15 is 0 Å². The van der Waals surface area contributed by atoms with Crippen molar-refractivity contribution in [3.63, 3.8) is 0 Å². The molecule has 186 valence electrons. The van der Waals surface area contributed by atoms with Crippen molar-refractivity contribution in [1.82, 2.24) is 0 Å². The van der Waals surface area contributed by atoms with E-state index in [1.165, 1.54) is 27.8 Å². The Labute approximate surface area is 231 Å². The lowest BCUT2D eigenvalue weighted by atomic mass is 9.96. The molecule has 0 fully saturated rings. The van der Waals surface area contributed by atoms with Crippen LogP contribution in [0.3, 0.4) is 0 Å². The molecule has 6 aromatic rings. The minimum Gasteiger partial charge on any atom is -0.310 e. The molecule has 6 aromatic carbocycles. The standard InChI is InChI=1S/C38H29N/c1-5-13-30(14-6-1)21-22-31-23-26-36(27-24-31)39(35-19-11-4-12-20-35)38-29-34(32-15-7-2-8-16-32)25-28-37(38)33-17-9-3-10-18-33/h1-29H. The Morgan fingerprint density at radius 3 is 1.46 bits per heavy atom. The Morgan fingerprint density at radius 2 is 0.846 bits per heavy atom. The first-order chi connectivity index (χ1) is 19.3. The first-order valence-corrected chi connectivity index (χ1v) is 13.3. The highest BCUT2D eigenvalue weighted by atomic mass is 15.1. The van der Waals surface area contributed by atoms with Gasteiger partial charge in [-0.25, -0.2) is 0 Å². The summed E-state index contributed by atoms with van der Waals surface area (Å²) in [7, 11) is 0. The topological polar surface area (TPSA) is 3.24 Å². The summed E-state index contributed by atoms with van der Waals surface area (Å²) in [6, 6.07) is 57.8. The maximum absolute atomic E-state index is 2.36. The average molecular weight is 500 g/mol. The van der Waals surface area contributed by atoms with Gasteiger partial charge in [0.1, 0.15) is 0 Å². The molecule has 0 atom stereocenters. The van der Waals surface area contributed by atoms with Gasteiger partial charge in [-0.1, -0.05) is 146 Å². The molecule has 1 nitrogen and oxygen atoms in total. The van der Waals surface area contributed by atoms with Crippen molar-refractivity contribution in [2.75, 3.05) is 4.90 Å². The first kappa shape index (κ1) is 24.2. The van der Waals surface area contributed by atoms with Crippen LogP contribution in [-0.4, -0.2) is 0 Å². The molecule has 0 aliphatic carbocycles. The minimum atomic E-state index is 1.11. The van der Waals surface area contributed by atoms with E-state index in [0.29, 0.717) is 0 Å². The fraction of sp³-hybridized carbons (Fsp3) is 0. The largest absolute Gasteiger partial charge is 0.310 e. The molecule has 0 saturated carbocycles. The lowest BCUT2D eigenvalue weighted by Gasteiger charge is -2.28. The number of benzene rings is 6. The summed E-state index contributed by atoms with van der Waals surface area (Å²) in [6.07, 6.45) is 4.32. The van der Waals surface area contributed by atoms with E-state index in [1.54, 1.807) is 0 Å². The normalized spacial score (nSPS) is 11.0. The number of hydrogen-bond acceptors (Lipinski definition) is 1. The van der Waals surface area contributed by atoms with Crippen molar-refractivity contribution < 1.29 is 0 Å². The Morgan fingerprint density at radius 1 is 0.359 bits per heavy atom. The van der Waals surface area contributed by atoms with E-state index in [-0.39, 0.29) is 0 Å². The highest BCUT2D eigenvalue weighted by molar-refractivity contribution is 5.91. The zero-order valence-electron chi connectivity index (χ0n) is 21.7. The van der Waals surface area contributed by atoms with Crippen LogP contribution in [0, 0.1) is 0 Å². The molecule has 1 heteroatoms. The Hall–Kier alpha value is -5.14. The van der Waals surface area contributed by atoms with Gasteiger partial charge in [-0.2, -0.15) is 0 Å². The van der Waals surface area contributed by atoms with Gasteiger partial charge in [-0.3, -0.25) is 0 Å². The molecule has 0 radical (unpaired) electrons. The lowest BCUT2D eigenvalue weighted by Crippen LogP contribution is -2.11. The number of para-hydroxylation sites is 1.